The van der Waals surface area contributed by atoms with Crippen LogP contribution >= 0.6 is 0 Å². The number of amides is 1. The minimum atomic E-state index is -0.260. The second kappa shape index (κ2) is 6.19. The van der Waals surface area contributed by atoms with Crippen LogP contribution in [-0.2, 0) is 0 Å². The molecule has 0 spiro atoms. The highest BCUT2D eigenvalue weighted by Gasteiger charge is 2.15. The third kappa shape index (κ3) is 3.28. The molecule has 0 unspecified atom stereocenters. The van der Waals surface area contributed by atoms with Gasteiger partial charge in [-0.15, -0.1) is 0 Å². The summed E-state index contributed by atoms with van der Waals surface area (Å²) >= 11 is 0. The molecule has 6 nitrogen and oxygen atoms in total. The highest BCUT2D eigenvalue weighted by molar-refractivity contribution is 6.02. The molecule has 2 aromatic rings. The fourth-order valence-electron chi connectivity index (χ4n) is 2.48. The van der Waals surface area contributed by atoms with E-state index in [-0.39, 0.29) is 5.91 Å². The van der Waals surface area contributed by atoms with Gasteiger partial charge in [0.2, 0.25) is 0 Å². The van der Waals surface area contributed by atoms with E-state index in [1.54, 1.807) is 6.92 Å². The van der Waals surface area contributed by atoms with E-state index in [0.717, 1.165) is 31.9 Å². The normalized spacial score (nSPS) is 15.8. The summed E-state index contributed by atoms with van der Waals surface area (Å²) < 4.78 is 5.05. The topological polar surface area (TPSA) is 61.6 Å². The smallest absolute Gasteiger partial charge is 0.277 e. The predicted molar refractivity (Wildman–Crippen MR) is 85.3 cm³/mol. The first-order chi connectivity index (χ1) is 10.6. The van der Waals surface area contributed by atoms with E-state index in [2.05, 4.69) is 27.1 Å². The second-order valence-electron chi connectivity index (χ2n) is 5.54. The molecule has 1 saturated heterocycles. The summed E-state index contributed by atoms with van der Waals surface area (Å²) in [5.41, 5.74) is 2.23. The molecule has 0 atom stereocenters. The summed E-state index contributed by atoms with van der Waals surface area (Å²) in [6.07, 6.45) is 1.36. The van der Waals surface area contributed by atoms with Gasteiger partial charge in [-0.05, 0) is 31.3 Å². The zero-order valence-corrected chi connectivity index (χ0v) is 12.9. The van der Waals surface area contributed by atoms with Crippen LogP contribution in [0.5, 0.6) is 0 Å². The summed E-state index contributed by atoms with van der Waals surface area (Å²) in [7, 11) is 2.14. The van der Waals surface area contributed by atoms with Crippen molar-refractivity contribution in [3.8, 4) is 0 Å². The van der Waals surface area contributed by atoms with Gasteiger partial charge in [-0.3, -0.25) is 4.79 Å². The van der Waals surface area contributed by atoms with Crippen LogP contribution in [0.25, 0.3) is 0 Å². The number of aromatic nitrogens is 1. The summed E-state index contributed by atoms with van der Waals surface area (Å²) in [5, 5.41) is 2.82. The van der Waals surface area contributed by atoms with Crippen LogP contribution in [0.1, 0.15) is 16.4 Å². The van der Waals surface area contributed by atoms with Crippen molar-refractivity contribution in [3.63, 3.8) is 0 Å². The van der Waals surface area contributed by atoms with Crippen molar-refractivity contribution in [2.24, 2.45) is 0 Å². The second-order valence-corrected chi connectivity index (χ2v) is 5.54. The van der Waals surface area contributed by atoms with E-state index in [9.17, 15) is 4.79 Å². The van der Waals surface area contributed by atoms with E-state index in [1.165, 1.54) is 12.0 Å². The van der Waals surface area contributed by atoms with Gasteiger partial charge in [0.1, 0.15) is 6.26 Å². The van der Waals surface area contributed by atoms with Crippen molar-refractivity contribution in [3.05, 3.63) is 42.1 Å². The average molecular weight is 300 g/mol. The molecule has 0 radical (unpaired) electrons. The van der Waals surface area contributed by atoms with Crippen molar-refractivity contribution in [1.29, 1.82) is 0 Å². The zero-order valence-electron chi connectivity index (χ0n) is 12.9. The van der Waals surface area contributed by atoms with Gasteiger partial charge in [-0.25, -0.2) is 4.98 Å². The van der Waals surface area contributed by atoms with Gasteiger partial charge in [0.15, 0.2) is 11.6 Å². The Hall–Kier alpha value is -2.34. The van der Waals surface area contributed by atoms with E-state index in [1.807, 2.05) is 24.3 Å². The third-order valence-corrected chi connectivity index (χ3v) is 3.85. The molecule has 1 aromatic heterocycles. The molecule has 0 saturated carbocycles. The number of nitrogens with zero attached hydrogens (tertiary/aromatic N) is 3. The highest BCUT2D eigenvalue weighted by atomic mass is 16.3. The number of nitrogens with one attached hydrogen (secondary N) is 1. The van der Waals surface area contributed by atoms with E-state index >= 15 is 0 Å². The van der Waals surface area contributed by atoms with Gasteiger partial charge in [-0.1, -0.05) is 0 Å². The highest BCUT2D eigenvalue weighted by Crippen LogP contribution is 2.19. The Labute approximate surface area is 129 Å². The molecule has 1 amide bonds. The van der Waals surface area contributed by atoms with Crippen LogP contribution < -0.4 is 10.2 Å². The van der Waals surface area contributed by atoms with Gasteiger partial charge in [-0.2, -0.15) is 0 Å². The van der Waals surface area contributed by atoms with Crippen LogP contribution in [0.3, 0.4) is 0 Å². The van der Waals surface area contributed by atoms with Gasteiger partial charge in [0, 0.05) is 44.5 Å². The van der Waals surface area contributed by atoms with Gasteiger partial charge < -0.3 is 19.5 Å². The first kappa shape index (κ1) is 14.6. The number of oxazole rings is 1. The summed E-state index contributed by atoms with van der Waals surface area (Å²) in [6.45, 7) is 5.91. The van der Waals surface area contributed by atoms with Gasteiger partial charge >= 0.3 is 0 Å². The Morgan fingerprint density at radius 3 is 2.45 bits per heavy atom. The number of anilines is 2. The number of hydrogen-bond donors (Lipinski definition) is 1. The fourth-order valence-corrected chi connectivity index (χ4v) is 2.48. The molecule has 1 N–H and O–H groups in total. The van der Waals surface area contributed by atoms with Crippen molar-refractivity contribution >= 4 is 17.3 Å². The summed E-state index contributed by atoms with van der Waals surface area (Å²) in [6, 6.07) is 7.90. The molecule has 3 rings (SSSR count). The van der Waals surface area contributed by atoms with Crippen LogP contribution in [0.2, 0.25) is 0 Å². The molecule has 2 heterocycles. The standard InChI is InChI=1S/C16H20N4O2/c1-12-17-15(11-22-12)16(21)18-13-3-5-14(6-4-13)20-9-7-19(2)8-10-20/h3-6,11H,7-10H2,1-2H3,(H,18,21). The maximum atomic E-state index is 12.0. The first-order valence-electron chi connectivity index (χ1n) is 7.39. The molecule has 1 aliphatic heterocycles. The van der Waals surface area contributed by atoms with E-state index in [4.69, 9.17) is 4.42 Å². The third-order valence-electron chi connectivity index (χ3n) is 3.85. The SMILES string of the molecule is Cc1nc(C(=O)Nc2ccc(N3CCN(C)CC3)cc2)co1. The van der Waals surface area contributed by atoms with Crippen molar-refractivity contribution in [2.75, 3.05) is 43.4 Å². The molecule has 6 heteroatoms. The summed E-state index contributed by atoms with van der Waals surface area (Å²) in [4.78, 5) is 20.7. The number of carbonyl (C=O) groups excluding carboxylic acids is 1. The van der Waals surface area contributed by atoms with Gasteiger partial charge in [0.05, 0.1) is 0 Å². The largest absolute Gasteiger partial charge is 0.448 e. The molecule has 1 aromatic carbocycles. The van der Waals surface area contributed by atoms with E-state index in [0.29, 0.717) is 11.6 Å². The number of hydrogen-bond acceptors (Lipinski definition) is 5. The van der Waals surface area contributed by atoms with Crippen LogP contribution in [0.4, 0.5) is 11.4 Å². The lowest BCUT2D eigenvalue weighted by molar-refractivity contribution is 0.102. The molecule has 0 aliphatic carbocycles. The Balaban J connectivity index is 1.63. The molecule has 1 fully saturated rings. The van der Waals surface area contributed by atoms with Crippen molar-refractivity contribution in [1.82, 2.24) is 9.88 Å². The zero-order chi connectivity index (χ0) is 15.5. The number of piperazine rings is 1. The minimum Gasteiger partial charge on any atom is -0.448 e. The number of carbonyl (C=O) groups is 1. The van der Waals surface area contributed by atoms with E-state index < -0.39 is 0 Å². The molecule has 116 valence electrons. The van der Waals surface area contributed by atoms with Crippen LogP contribution in [0, 0.1) is 6.92 Å². The predicted octanol–water partition coefficient (Wildman–Crippen LogP) is 1.99. The molecular weight excluding hydrogens is 280 g/mol. The lowest BCUT2D eigenvalue weighted by Crippen LogP contribution is -2.44. The molecule has 0 bridgehead atoms. The Morgan fingerprint density at radius 2 is 1.86 bits per heavy atom. The van der Waals surface area contributed by atoms with Crippen molar-refractivity contribution < 1.29 is 9.21 Å². The monoisotopic (exact) mass is 300 g/mol. The van der Waals surface area contributed by atoms with Crippen LogP contribution in [-0.4, -0.2) is 49.0 Å². The maximum absolute atomic E-state index is 12.0. The van der Waals surface area contributed by atoms with Gasteiger partial charge in [0.25, 0.3) is 5.91 Å². The molecule has 1 aliphatic rings. The number of benzene rings is 1. The van der Waals surface area contributed by atoms with Crippen LogP contribution in [0.15, 0.2) is 34.9 Å². The average Bonchev–Trinajstić information content (AvgIpc) is 2.96. The first-order valence-corrected chi connectivity index (χ1v) is 7.39. The maximum Gasteiger partial charge on any atom is 0.277 e. The molecule has 22 heavy (non-hydrogen) atoms. The lowest BCUT2D eigenvalue weighted by Gasteiger charge is -2.34. The number of likely N-dealkylation sites (N-methyl/N-ethyl adjacent to an activating group) is 1. The van der Waals surface area contributed by atoms with Crippen molar-refractivity contribution in [2.45, 2.75) is 6.92 Å². The quantitative estimate of drug-likeness (QED) is 0.939. The number of rotatable bonds is 3. The summed E-state index contributed by atoms with van der Waals surface area (Å²) in [5.74, 6) is 0.222. The lowest BCUT2D eigenvalue weighted by atomic mass is 10.2. The Kier molecular flexibility index (Phi) is 4.11. The Bertz CT molecular complexity index is 642. The number of aryl methyl sites for hydroxylation is 1. The molecular formula is C16H20N4O2. The Morgan fingerprint density at radius 1 is 1.18 bits per heavy atom. The fraction of sp³-hybridized carbons (Fsp3) is 0.375. The minimum absolute atomic E-state index is 0.260.